The molecular formula is C25H21NO. The van der Waals surface area contributed by atoms with Crippen molar-refractivity contribution in [2.24, 2.45) is 0 Å². The van der Waals surface area contributed by atoms with Crippen molar-refractivity contribution >= 4 is 33.7 Å². The fraction of sp³-hybridized carbons (Fsp3) is 0.160. The molecule has 0 radical (unpaired) electrons. The summed E-state index contributed by atoms with van der Waals surface area (Å²) in [5.41, 5.74) is 7.70. The minimum atomic E-state index is 0.0955. The number of benzene rings is 3. The average Bonchev–Trinajstić information content (AvgIpc) is 3.28. The van der Waals surface area contributed by atoms with Crippen LogP contribution in [0.1, 0.15) is 39.5 Å². The molecule has 0 spiro atoms. The summed E-state index contributed by atoms with van der Waals surface area (Å²) in [5, 5.41) is 2.49. The lowest BCUT2D eigenvalue weighted by atomic mass is 9.96. The maximum atomic E-state index is 13.1. The Balaban J connectivity index is 1.79. The van der Waals surface area contributed by atoms with Gasteiger partial charge in [-0.1, -0.05) is 42.5 Å². The number of fused-ring (bicyclic) bond motifs is 5. The molecule has 27 heavy (non-hydrogen) atoms. The predicted molar refractivity (Wildman–Crippen MR) is 112 cm³/mol. The molecule has 4 aromatic rings. The van der Waals surface area contributed by atoms with Crippen LogP contribution in [0.3, 0.4) is 0 Å². The van der Waals surface area contributed by atoms with E-state index in [9.17, 15) is 4.79 Å². The molecule has 0 aliphatic heterocycles. The Morgan fingerprint density at radius 2 is 1.85 bits per heavy atom. The van der Waals surface area contributed by atoms with Gasteiger partial charge in [0.25, 0.3) is 0 Å². The molecule has 1 aliphatic carbocycles. The maximum absolute atomic E-state index is 13.1. The third kappa shape index (κ3) is 2.30. The Hall–Kier alpha value is -3.13. The van der Waals surface area contributed by atoms with Crippen LogP contribution in [0, 0.1) is 6.92 Å². The second-order valence-electron chi connectivity index (χ2n) is 7.25. The van der Waals surface area contributed by atoms with Gasteiger partial charge in [-0.3, -0.25) is 4.79 Å². The van der Waals surface area contributed by atoms with Crippen molar-refractivity contribution in [1.29, 1.82) is 0 Å². The van der Waals surface area contributed by atoms with E-state index in [1.165, 1.54) is 32.9 Å². The third-order valence-corrected chi connectivity index (χ3v) is 5.76. The number of hydrogen-bond donors (Lipinski definition) is 0. The van der Waals surface area contributed by atoms with Crippen molar-refractivity contribution < 1.29 is 4.79 Å². The molecule has 0 N–H and O–H groups in total. The van der Waals surface area contributed by atoms with Crippen LogP contribution in [0.2, 0.25) is 0 Å². The molecule has 1 aromatic heterocycles. The van der Waals surface area contributed by atoms with Gasteiger partial charge in [-0.2, -0.15) is 0 Å². The lowest BCUT2D eigenvalue weighted by molar-refractivity contribution is 0.103. The summed E-state index contributed by atoms with van der Waals surface area (Å²) in [5.74, 6) is 0.0955. The molecule has 132 valence electrons. The minimum absolute atomic E-state index is 0.0955. The van der Waals surface area contributed by atoms with E-state index in [1.54, 1.807) is 0 Å². The highest BCUT2D eigenvalue weighted by Crippen LogP contribution is 2.37. The Kier molecular flexibility index (Phi) is 3.54. The molecule has 0 bridgehead atoms. The van der Waals surface area contributed by atoms with Crippen molar-refractivity contribution in [2.75, 3.05) is 0 Å². The van der Waals surface area contributed by atoms with E-state index in [0.717, 1.165) is 29.7 Å². The molecule has 0 unspecified atom stereocenters. The van der Waals surface area contributed by atoms with Crippen LogP contribution in [0.25, 0.3) is 27.9 Å². The first kappa shape index (κ1) is 16.1. The number of ketones is 1. The van der Waals surface area contributed by atoms with Crippen LogP contribution >= 0.6 is 0 Å². The number of aromatic nitrogens is 1. The second kappa shape index (κ2) is 5.95. The molecule has 0 saturated carbocycles. The van der Waals surface area contributed by atoms with Crippen LogP contribution in [-0.4, -0.2) is 10.4 Å². The molecule has 2 nitrogen and oxygen atoms in total. The average molecular weight is 351 g/mol. The standard InChI is InChI=1S/C25H21NO/c1-3-26-22-13-12-18(25(27)19-9-5-4-7-16(19)2)15-21(22)24-20-10-6-8-17(20)11-14-23(24)26/h4-9,11-15H,3,10H2,1-2H3. The smallest absolute Gasteiger partial charge is 0.193 e. The van der Waals surface area contributed by atoms with Crippen LogP contribution in [0.5, 0.6) is 0 Å². The second-order valence-corrected chi connectivity index (χ2v) is 7.25. The number of nitrogens with zero attached hydrogens (tertiary/aromatic N) is 1. The van der Waals surface area contributed by atoms with Crippen molar-refractivity contribution in [2.45, 2.75) is 26.8 Å². The number of carbonyl (C=O) groups excluding carboxylic acids is 1. The predicted octanol–water partition coefficient (Wildman–Crippen LogP) is 5.92. The van der Waals surface area contributed by atoms with Crippen LogP contribution < -0.4 is 0 Å². The SMILES string of the molecule is CCn1c2ccc(C(=O)c3ccccc3C)cc2c2c3c(ccc21)C=CC3. The summed E-state index contributed by atoms with van der Waals surface area (Å²) < 4.78 is 2.35. The van der Waals surface area contributed by atoms with Crippen molar-refractivity contribution in [3.8, 4) is 0 Å². The summed E-state index contributed by atoms with van der Waals surface area (Å²) in [6.07, 6.45) is 5.39. The fourth-order valence-corrected chi connectivity index (χ4v) is 4.42. The van der Waals surface area contributed by atoms with Gasteiger partial charge in [-0.15, -0.1) is 0 Å². The molecule has 0 atom stereocenters. The van der Waals surface area contributed by atoms with E-state index >= 15 is 0 Å². The van der Waals surface area contributed by atoms with Crippen LogP contribution in [0.4, 0.5) is 0 Å². The van der Waals surface area contributed by atoms with Gasteiger partial charge in [0, 0.05) is 39.5 Å². The Morgan fingerprint density at radius 1 is 1.04 bits per heavy atom. The quantitative estimate of drug-likeness (QED) is 0.420. The third-order valence-electron chi connectivity index (χ3n) is 5.76. The van der Waals surface area contributed by atoms with E-state index in [-0.39, 0.29) is 5.78 Å². The zero-order valence-electron chi connectivity index (χ0n) is 15.6. The van der Waals surface area contributed by atoms with E-state index in [0.29, 0.717) is 0 Å². The highest BCUT2D eigenvalue weighted by atomic mass is 16.1. The van der Waals surface area contributed by atoms with E-state index in [2.05, 4.69) is 47.9 Å². The molecule has 1 heterocycles. The monoisotopic (exact) mass is 351 g/mol. The zero-order valence-corrected chi connectivity index (χ0v) is 15.6. The van der Waals surface area contributed by atoms with Gasteiger partial charge < -0.3 is 4.57 Å². The molecule has 1 aliphatic rings. The number of aryl methyl sites for hydroxylation is 2. The normalized spacial score (nSPS) is 12.8. The van der Waals surface area contributed by atoms with Gasteiger partial charge in [0.05, 0.1) is 0 Å². The molecule has 0 saturated heterocycles. The molecule has 0 fully saturated rings. The summed E-state index contributed by atoms with van der Waals surface area (Å²) in [6, 6.07) is 18.4. The summed E-state index contributed by atoms with van der Waals surface area (Å²) in [6.45, 7) is 5.08. The fourth-order valence-electron chi connectivity index (χ4n) is 4.42. The lowest BCUT2D eigenvalue weighted by Gasteiger charge is -2.06. The lowest BCUT2D eigenvalue weighted by Crippen LogP contribution is -2.03. The first-order valence-corrected chi connectivity index (χ1v) is 9.53. The Labute approximate surface area is 158 Å². The van der Waals surface area contributed by atoms with Gasteiger partial charge in [0.1, 0.15) is 0 Å². The Morgan fingerprint density at radius 3 is 2.67 bits per heavy atom. The summed E-state index contributed by atoms with van der Waals surface area (Å²) in [7, 11) is 0. The Bertz CT molecular complexity index is 1260. The van der Waals surface area contributed by atoms with Crippen molar-refractivity contribution in [1.82, 2.24) is 4.57 Å². The molecule has 5 rings (SSSR count). The van der Waals surface area contributed by atoms with Gasteiger partial charge in [0.15, 0.2) is 5.78 Å². The van der Waals surface area contributed by atoms with Crippen molar-refractivity contribution in [3.63, 3.8) is 0 Å². The van der Waals surface area contributed by atoms with Gasteiger partial charge in [-0.05, 0) is 61.2 Å². The number of rotatable bonds is 3. The van der Waals surface area contributed by atoms with E-state index in [1.807, 2.05) is 37.3 Å². The van der Waals surface area contributed by atoms with E-state index in [4.69, 9.17) is 0 Å². The summed E-state index contributed by atoms with van der Waals surface area (Å²) in [4.78, 5) is 13.1. The van der Waals surface area contributed by atoms with Gasteiger partial charge >= 0.3 is 0 Å². The van der Waals surface area contributed by atoms with E-state index < -0.39 is 0 Å². The number of hydrogen-bond acceptors (Lipinski definition) is 1. The van der Waals surface area contributed by atoms with Crippen LogP contribution in [0.15, 0.2) is 60.7 Å². The number of allylic oxidation sites excluding steroid dienone is 1. The van der Waals surface area contributed by atoms with Gasteiger partial charge in [-0.25, -0.2) is 0 Å². The first-order chi connectivity index (χ1) is 13.2. The largest absolute Gasteiger partial charge is 0.341 e. The minimum Gasteiger partial charge on any atom is -0.341 e. The first-order valence-electron chi connectivity index (χ1n) is 9.53. The van der Waals surface area contributed by atoms with Gasteiger partial charge in [0.2, 0.25) is 0 Å². The molecular weight excluding hydrogens is 330 g/mol. The number of carbonyl (C=O) groups is 1. The topological polar surface area (TPSA) is 22.0 Å². The highest BCUT2D eigenvalue weighted by molar-refractivity contribution is 6.16. The molecule has 0 amide bonds. The molecule has 2 heteroatoms. The highest BCUT2D eigenvalue weighted by Gasteiger charge is 2.19. The maximum Gasteiger partial charge on any atom is 0.193 e. The molecule has 3 aromatic carbocycles. The van der Waals surface area contributed by atoms with Crippen LogP contribution in [-0.2, 0) is 13.0 Å². The summed E-state index contributed by atoms with van der Waals surface area (Å²) >= 11 is 0. The van der Waals surface area contributed by atoms with Crippen molar-refractivity contribution in [3.05, 3.63) is 88.5 Å². The zero-order chi connectivity index (χ0) is 18.5.